The molecule has 1 aromatic rings. The molecular weight excluding hydrogens is 368 g/mol. The van der Waals surface area contributed by atoms with Crippen molar-refractivity contribution < 1.29 is 34.8 Å². The molecule has 0 saturated carbocycles. The monoisotopic (exact) mass is 398 g/mol. The van der Waals surface area contributed by atoms with Crippen LogP contribution in [-0.2, 0) is 14.6 Å². The average molecular weight is 398 g/mol. The molecule has 1 fully saturated rings. The summed E-state index contributed by atoms with van der Waals surface area (Å²) in [6.45, 7) is 6.88. The fourth-order valence-electron chi connectivity index (χ4n) is 2.97. The highest BCUT2D eigenvalue weighted by molar-refractivity contribution is 6.27. The first-order chi connectivity index (χ1) is 13.4. The lowest BCUT2D eigenvalue weighted by molar-refractivity contribution is -0.215. The van der Waals surface area contributed by atoms with E-state index in [1.165, 1.54) is 45.3 Å². The fraction of sp³-hybridized carbons (Fsp3) is 0.579. The van der Waals surface area contributed by atoms with Crippen molar-refractivity contribution in [2.45, 2.75) is 39.0 Å². The normalized spacial score (nSPS) is 16.6. The summed E-state index contributed by atoms with van der Waals surface area (Å²) >= 11 is 0. The number of hydrogen-bond donors (Lipinski definition) is 4. The van der Waals surface area contributed by atoms with Gasteiger partial charge in [-0.25, -0.2) is 20.3 Å². The largest absolute Gasteiger partial charge is 0.494 e. The Morgan fingerprint density at radius 2 is 1.82 bits per heavy atom. The zero-order valence-corrected chi connectivity index (χ0v) is 16.2. The zero-order valence-electron chi connectivity index (χ0n) is 16.2. The number of benzene rings is 1. The first kappa shape index (κ1) is 23.7. The van der Waals surface area contributed by atoms with E-state index in [-0.39, 0.29) is 0 Å². The number of likely N-dealkylation sites (tertiary alicyclic amines) is 1. The summed E-state index contributed by atoms with van der Waals surface area (Å²) in [4.78, 5) is 24.7. The molecule has 1 aliphatic heterocycles. The first-order valence-corrected chi connectivity index (χ1v) is 9.40. The molecule has 1 saturated heterocycles. The van der Waals surface area contributed by atoms with Crippen LogP contribution < -0.4 is 10.2 Å². The van der Waals surface area contributed by atoms with Crippen LogP contribution in [0.5, 0.6) is 5.75 Å². The molecule has 1 unspecified atom stereocenters. The van der Waals surface area contributed by atoms with Crippen LogP contribution in [0.15, 0.2) is 24.3 Å². The van der Waals surface area contributed by atoms with Crippen LogP contribution in [0.25, 0.3) is 0 Å². The number of nitrogens with zero attached hydrogens (tertiary/aromatic N) is 1. The molecule has 1 atom stereocenters. The van der Waals surface area contributed by atoms with E-state index in [1.807, 2.05) is 12.1 Å². The van der Waals surface area contributed by atoms with Gasteiger partial charge in [-0.3, -0.25) is 0 Å². The van der Waals surface area contributed by atoms with Crippen molar-refractivity contribution in [1.29, 1.82) is 0 Å². The highest BCUT2D eigenvalue weighted by Gasteiger charge is 2.15. The number of carboxylic acids is 2. The van der Waals surface area contributed by atoms with E-state index in [4.69, 9.17) is 29.8 Å². The van der Waals surface area contributed by atoms with Crippen LogP contribution in [0, 0.1) is 5.92 Å². The van der Waals surface area contributed by atoms with Gasteiger partial charge in [0.25, 0.3) is 0 Å². The van der Waals surface area contributed by atoms with E-state index in [2.05, 4.69) is 22.3 Å². The van der Waals surface area contributed by atoms with E-state index >= 15 is 0 Å². The number of unbranched alkanes of at least 4 members (excludes halogenated alkanes) is 2. The van der Waals surface area contributed by atoms with E-state index in [1.54, 1.807) is 12.1 Å². The molecule has 1 aliphatic rings. The van der Waals surface area contributed by atoms with E-state index in [9.17, 15) is 0 Å². The van der Waals surface area contributed by atoms with Crippen molar-refractivity contribution in [2.75, 3.05) is 31.7 Å². The summed E-state index contributed by atoms with van der Waals surface area (Å²) in [6.07, 6.45) is 6.30. The van der Waals surface area contributed by atoms with Crippen molar-refractivity contribution in [3.05, 3.63) is 24.3 Å². The molecule has 0 bridgehead atoms. The number of hydrogen-bond acceptors (Lipinski definition) is 7. The summed E-state index contributed by atoms with van der Waals surface area (Å²) in [7, 11) is 0. The molecule has 0 spiro atoms. The molecule has 2 rings (SSSR count). The van der Waals surface area contributed by atoms with Crippen LogP contribution >= 0.6 is 0 Å². The lowest BCUT2D eigenvalue weighted by Gasteiger charge is -2.30. The molecular formula is C19H30N2O7. The topological polar surface area (TPSA) is 129 Å². The Labute approximate surface area is 164 Å². The minimum absolute atomic E-state index is 0.686. The van der Waals surface area contributed by atoms with E-state index in [0.29, 0.717) is 5.69 Å². The summed E-state index contributed by atoms with van der Waals surface area (Å²) in [5.74, 6) is -1.94. The predicted octanol–water partition coefficient (Wildman–Crippen LogP) is 2.94. The van der Waals surface area contributed by atoms with Crippen molar-refractivity contribution in [3.63, 3.8) is 0 Å². The van der Waals surface area contributed by atoms with Gasteiger partial charge in [-0.2, -0.15) is 0 Å². The minimum atomic E-state index is -1.82. The SMILES string of the molecule is CC1CCCN(CCCCCOc2ccc(NOO)cc2)C1.O=C(O)C(=O)O. The lowest BCUT2D eigenvalue weighted by Crippen LogP contribution is -2.34. The van der Waals surface area contributed by atoms with Gasteiger partial charge in [-0.05, 0) is 75.4 Å². The molecule has 0 aromatic heterocycles. The third-order valence-electron chi connectivity index (χ3n) is 4.33. The Bertz CT molecular complexity index is 568. The van der Waals surface area contributed by atoms with Gasteiger partial charge in [0.2, 0.25) is 0 Å². The van der Waals surface area contributed by atoms with E-state index < -0.39 is 11.9 Å². The maximum absolute atomic E-state index is 9.10. The molecule has 0 amide bonds. The summed E-state index contributed by atoms with van der Waals surface area (Å²) in [5.41, 5.74) is 3.03. The van der Waals surface area contributed by atoms with E-state index in [0.717, 1.165) is 24.7 Å². The van der Waals surface area contributed by atoms with Crippen molar-refractivity contribution in [1.82, 2.24) is 4.90 Å². The molecule has 158 valence electrons. The number of rotatable bonds is 9. The lowest BCUT2D eigenvalue weighted by atomic mass is 10.00. The van der Waals surface area contributed by atoms with Crippen molar-refractivity contribution in [2.24, 2.45) is 5.92 Å². The minimum Gasteiger partial charge on any atom is -0.494 e. The summed E-state index contributed by atoms with van der Waals surface area (Å²) in [6, 6.07) is 7.30. The summed E-state index contributed by atoms with van der Waals surface area (Å²) < 4.78 is 5.70. The maximum Gasteiger partial charge on any atom is 0.414 e. The predicted molar refractivity (Wildman–Crippen MR) is 103 cm³/mol. The molecule has 1 aromatic carbocycles. The first-order valence-electron chi connectivity index (χ1n) is 9.40. The number of aliphatic carboxylic acids is 2. The number of ether oxygens (including phenoxy) is 1. The van der Waals surface area contributed by atoms with Gasteiger partial charge < -0.3 is 19.8 Å². The quantitative estimate of drug-likeness (QED) is 0.215. The van der Waals surface area contributed by atoms with Crippen LogP contribution in [-0.4, -0.2) is 58.5 Å². The second kappa shape index (κ2) is 13.8. The molecule has 9 heteroatoms. The fourth-order valence-corrected chi connectivity index (χ4v) is 2.97. The third-order valence-corrected chi connectivity index (χ3v) is 4.33. The van der Waals surface area contributed by atoms with Crippen LogP contribution in [0.2, 0.25) is 0 Å². The third kappa shape index (κ3) is 10.7. The smallest absolute Gasteiger partial charge is 0.414 e. The van der Waals surface area contributed by atoms with Gasteiger partial charge in [0.1, 0.15) is 5.75 Å². The maximum atomic E-state index is 9.10. The zero-order chi connectivity index (χ0) is 20.8. The Hall–Kier alpha value is -2.36. The molecule has 4 N–H and O–H groups in total. The number of anilines is 1. The van der Waals surface area contributed by atoms with Crippen LogP contribution in [0.3, 0.4) is 0 Å². The van der Waals surface area contributed by atoms with Crippen LogP contribution in [0.4, 0.5) is 5.69 Å². The molecule has 0 radical (unpaired) electrons. The Morgan fingerprint density at radius 1 is 1.14 bits per heavy atom. The van der Waals surface area contributed by atoms with Gasteiger partial charge in [0.15, 0.2) is 0 Å². The van der Waals surface area contributed by atoms with Crippen molar-refractivity contribution >= 4 is 17.6 Å². The number of nitrogens with one attached hydrogen (secondary N) is 1. The standard InChI is InChI=1S/C17H28N2O3.C2H2O4/c1-15-6-5-12-19(14-15)11-3-2-4-13-21-17-9-7-16(8-10-17)18-22-20;3-1(4)2(5)6/h7-10,15,18,20H,2-6,11-14H2,1H3;(H,3,4)(H,5,6). The van der Waals surface area contributed by atoms with Gasteiger partial charge in [0, 0.05) is 6.54 Å². The van der Waals surface area contributed by atoms with Crippen molar-refractivity contribution in [3.8, 4) is 5.75 Å². The van der Waals surface area contributed by atoms with Gasteiger partial charge in [0.05, 0.1) is 12.3 Å². The van der Waals surface area contributed by atoms with Gasteiger partial charge in [-0.1, -0.05) is 6.92 Å². The molecule has 9 nitrogen and oxygen atoms in total. The highest BCUT2D eigenvalue weighted by atomic mass is 17.2. The Balaban J connectivity index is 0.000000568. The summed E-state index contributed by atoms with van der Waals surface area (Å²) in [5, 5.41) is 23.1. The Morgan fingerprint density at radius 3 is 2.39 bits per heavy atom. The average Bonchev–Trinajstić information content (AvgIpc) is 2.66. The molecule has 28 heavy (non-hydrogen) atoms. The van der Waals surface area contributed by atoms with Crippen LogP contribution in [0.1, 0.15) is 39.0 Å². The van der Waals surface area contributed by atoms with Gasteiger partial charge >= 0.3 is 11.9 Å². The number of piperidine rings is 1. The second-order valence-corrected chi connectivity index (χ2v) is 6.79. The Kier molecular flexibility index (Phi) is 11.6. The molecule has 0 aliphatic carbocycles. The highest BCUT2D eigenvalue weighted by Crippen LogP contribution is 2.17. The number of carbonyl (C=O) groups is 2. The number of carboxylic acid groups (broad SMARTS) is 2. The molecule has 1 heterocycles. The second-order valence-electron chi connectivity index (χ2n) is 6.79. The van der Waals surface area contributed by atoms with Gasteiger partial charge in [-0.15, -0.1) is 4.99 Å².